The molecule has 7 rings (SSSR count). The van der Waals surface area contributed by atoms with E-state index in [9.17, 15) is 5.02 Å². The van der Waals surface area contributed by atoms with Crippen molar-refractivity contribution in [1.29, 1.82) is 0 Å². The van der Waals surface area contributed by atoms with Crippen molar-refractivity contribution in [3.63, 3.8) is 0 Å². The number of hydrogen-bond donors (Lipinski definition) is 1. The third kappa shape index (κ3) is 4.16. The van der Waals surface area contributed by atoms with Gasteiger partial charge in [0.05, 0.1) is 11.0 Å². The van der Waals surface area contributed by atoms with Crippen LogP contribution in [0.1, 0.15) is 0 Å². The standard InChI is InChI=1S/C36H25BNO2/c39-37-40-36-23-20-27(30-13-5-4-12-29(30)25-10-2-1-3-11-25)24-33(36)26-18-21-28(22-19-26)38-34-16-8-6-14-31(34)32-15-7-9-17-35(32)38/h1-24,39H. The molecule has 1 N–H and O–H groups in total. The second-order valence-electron chi connectivity index (χ2n) is 9.76. The van der Waals surface area contributed by atoms with Crippen LogP contribution in [0.5, 0.6) is 5.75 Å². The fraction of sp³-hybridized carbons (Fsp3) is 0. The highest BCUT2D eigenvalue weighted by molar-refractivity contribution is 6.17. The van der Waals surface area contributed by atoms with E-state index in [0.29, 0.717) is 5.75 Å². The Balaban J connectivity index is 1.34. The maximum atomic E-state index is 9.49. The van der Waals surface area contributed by atoms with Crippen LogP contribution in [-0.4, -0.2) is 17.3 Å². The van der Waals surface area contributed by atoms with Crippen LogP contribution in [0, 0.1) is 0 Å². The second kappa shape index (κ2) is 10.3. The van der Waals surface area contributed by atoms with Crippen molar-refractivity contribution in [2.45, 2.75) is 0 Å². The first-order chi connectivity index (χ1) is 19.8. The van der Waals surface area contributed by atoms with Crippen molar-refractivity contribution < 1.29 is 9.68 Å². The van der Waals surface area contributed by atoms with Gasteiger partial charge in [0.2, 0.25) is 0 Å². The molecule has 1 aromatic heterocycles. The molecule has 1 heterocycles. The lowest BCUT2D eigenvalue weighted by molar-refractivity contribution is 0.455. The van der Waals surface area contributed by atoms with E-state index in [-0.39, 0.29) is 0 Å². The highest BCUT2D eigenvalue weighted by atomic mass is 16.5. The summed E-state index contributed by atoms with van der Waals surface area (Å²) < 4.78 is 7.85. The van der Waals surface area contributed by atoms with Crippen molar-refractivity contribution in [2.75, 3.05) is 0 Å². The number of fused-ring (bicyclic) bond motifs is 3. The first-order valence-electron chi connectivity index (χ1n) is 13.3. The molecule has 0 unspecified atom stereocenters. The summed E-state index contributed by atoms with van der Waals surface area (Å²) in [5.41, 5.74) is 9.88. The van der Waals surface area contributed by atoms with E-state index in [0.717, 1.165) is 41.2 Å². The normalized spacial score (nSPS) is 11.1. The quantitative estimate of drug-likeness (QED) is 0.225. The summed E-state index contributed by atoms with van der Waals surface area (Å²) >= 11 is 0. The number of hydrogen-bond acceptors (Lipinski definition) is 2. The third-order valence-electron chi connectivity index (χ3n) is 7.50. The summed E-state index contributed by atoms with van der Waals surface area (Å²) in [6, 6.07) is 50.5. The van der Waals surface area contributed by atoms with E-state index < -0.39 is 0 Å². The summed E-state index contributed by atoms with van der Waals surface area (Å²) in [5.74, 6) is 0.591. The van der Waals surface area contributed by atoms with Crippen molar-refractivity contribution in [3.8, 4) is 44.8 Å². The molecule has 0 saturated carbocycles. The van der Waals surface area contributed by atoms with Crippen LogP contribution in [0.2, 0.25) is 0 Å². The Morgan fingerprint density at radius 3 is 1.65 bits per heavy atom. The average Bonchev–Trinajstić information content (AvgIpc) is 3.36. The van der Waals surface area contributed by atoms with Crippen LogP contribution in [0.4, 0.5) is 0 Å². The molecule has 6 aromatic carbocycles. The minimum absolute atomic E-state index is 0.591. The molecule has 0 saturated heterocycles. The summed E-state index contributed by atoms with van der Waals surface area (Å²) in [4.78, 5) is 0. The van der Waals surface area contributed by atoms with Crippen LogP contribution in [0.25, 0.3) is 60.9 Å². The largest absolute Gasteiger partial charge is 0.569 e. The predicted molar refractivity (Wildman–Crippen MR) is 166 cm³/mol. The van der Waals surface area contributed by atoms with Crippen molar-refractivity contribution in [1.82, 2.24) is 4.57 Å². The molecular formula is C36H25BNO2. The van der Waals surface area contributed by atoms with Gasteiger partial charge in [0.15, 0.2) is 0 Å². The van der Waals surface area contributed by atoms with E-state index in [1.807, 2.05) is 18.2 Å². The molecule has 1 radical (unpaired) electrons. The Bertz CT molecular complexity index is 1910. The van der Waals surface area contributed by atoms with Crippen LogP contribution < -0.4 is 4.65 Å². The Morgan fingerprint density at radius 2 is 1.00 bits per heavy atom. The van der Waals surface area contributed by atoms with E-state index >= 15 is 0 Å². The molecule has 3 nitrogen and oxygen atoms in total. The van der Waals surface area contributed by atoms with Gasteiger partial charge >= 0.3 is 7.69 Å². The van der Waals surface area contributed by atoms with Crippen LogP contribution >= 0.6 is 0 Å². The molecule has 0 amide bonds. The number of benzene rings is 6. The fourth-order valence-corrected chi connectivity index (χ4v) is 5.68. The SMILES string of the molecule is O[B]Oc1ccc(-c2ccccc2-c2ccccc2)cc1-c1ccc(-n2c3ccccc3c3ccccc32)cc1. The predicted octanol–water partition coefficient (Wildman–Crippen LogP) is 8.69. The molecule has 40 heavy (non-hydrogen) atoms. The zero-order valence-corrected chi connectivity index (χ0v) is 21.7. The Hall–Kier alpha value is -5.06. The van der Waals surface area contributed by atoms with Gasteiger partial charge in [-0.25, -0.2) is 0 Å². The topological polar surface area (TPSA) is 34.4 Å². The minimum atomic E-state index is 0.591. The second-order valence-corrected chi connectivity index (χ2v) is 9.76. The summed E-state index contributed by atoms with van der Waals surface area (Å²) in [6.07, 6.45) is 0. The zero-order valence-electron chi connectivity index (χ0n) is 21.7. The lowest BCUT2D eigenvalue weighted by atomic mass is 9.92. The number of para-hydroxylation sites is 2. The number of aromatic nitrogens is 1. The summed E-state index contributed by atoms with van der Waals surface area (Å²) in [5, 5.41) is 12.0. The van der Waals surface area contributed by atoms with Gasteiger partial charge in [-0.15, -0.1) is 0 Å². The lowest BCUT2D eigenvalue weighted by Crippen LogP contribution is -2.01. The molecule has 0 aliphatic heterocycles. The molecule has 189 valence electrons. The van der Waals surface area contributed by atoms with Crippen molar-refractivity contribution in [3.05, 3.63) is 146 Å². The maximum Gasteiger partial charge on any atom is 0.569 e. The monoisotopic (exact) mass is 514 g/mol. The van der Waals surface area contributed by atoms with Gasteiger partial charge < -0.3 is 14.2 Å². The highest BCUT2D eigenvalue weighted by Gasteiger charge is 2.15. The molecule has 0 atom stereocenters. The molecular weight excluding hydrogens is 489 g/mol. The Labute approximate surface area is 233 Å². The summed E-state index contributed by atoms with van der Waals surface area (Å²) in [6.45, 7) is 0. The first-order valence-corrected chi connectivity index (χ1v) is 13.3. The molecule has 0 aliphatic rings. The van der Waals surface area contributed by atoms with Crippen LogP contribution in [0.3, 0.4) is 0 Å². The molecule has 7 aromatic rings. The molecule has 0 aliphatic carbocycles. The third-order valence-corrected chi connectivity index (χ3v) is 7.50. The minimum Gasteiger partial charge on any atom is -0.537 e. The van der Waals surface area contributed by atoms with Gasteiger partial charge in [-0.3, -0.25) is 0 Å². The highest BCUT2D eigenvalue weighted by Crippen LogP contribution is 2.39. The van der Waals surface area contributed by atoms with Crippen molar-refractivity contribution in [2.24, 2.45) is 0 Å². The fourth-order valence-electron chi connectivity index (χ4n) is 5.68. The van der Waals surface area contributed by atoms with E-state index in [1.165, 1.54) is 27.4 Å². The van der Waals surface area contributed by atoms with Gasteiger partial charge in [0.25, 0.3) is 0 Å². The molecule has 0 spiro atoms. The van der Waals surface area contributed by atoms with Gasteiger partial charge in [-0.1, -0.05) is 109 Å². The van der Waals surface area contributed by atoms with Gasteiger partial charge in [0.1, 0.15) is 5.75 Å². The molecule has 4 heteroatoms. The van der Waals surface area contributed by atoms with E-state index in [1.54, 1.807) is 0 Å². The molecule has 0 fully saturated rings. The van der Waals surface area contributed by atoms with Crippen LogP contribution in [0.15, 0.2) is 146 Å². The Kier molecular flexibility index (Phi) is 6.16. The van der Waals surface area contributed by atoms with Gasteiger partial charge in [0, 0.05) is 22.0 Å². The van der Waals surface area contributed by atoms with Crippen molar-refractivity contribution >= 4 is 29.5 Å². The van der Waals surface area contributed by atoms with E-state index in [4.69, 9.17) is 4.65 Å². The maximum absolute atomic E-state index is 9.49. The van der Waals surface area contributed by atoms with Gasteiger partial charge in [-0.05, 0) is 64.2 Å². The number of rotatable bonds is 6. The number of nitrogens with zero attached hydrogens (tertiary/aromatic N) is 1. The average molecular weight is 514 g/mol. The lowest BCUT2D eigenvalue weighted by Gasteiger charge is -2.15. The van der Waals surface area contributed by atoms with Crippen LogP contribution in [-0.2, 0) is 0 Å². The smallest absolute Gasteiger partial charge is 0.537 e. The first kappa shape index (κ1) is 24.0. The van der Waals surface area contributed by atoms with E-state index in [2.05, 4.69) is 132 Å². The summed E-state index contributed by atoms with van der Waals surface area (Å²) in [7, 11) is 0.739. The van der Waals surface area contributed by atoms with Gasteiger partial charge in [-0.2, -0.15) is 0 Å². The molecule has 0 bridgehead atoms. The zero-order chi connectivity index (χ0) is 26.9. The Morgan fingerprint density at radius 1 is 0.475 bits per heavy atom.